The van der Waals surface area contributed by atoms with E-state index in [0.717, 1.165) is 29.7 Å². The Kier molecular flexibility index (Phi) is 7.11. The minimum atomic E-state index is 0.0652. The van der Waals surface area contributed by atoms with E-state index >= 15 is 0 Å². The monoisotopic (exact) mass is 292 g/mol. The molecular formula is C16H21ClN2O. The van der Waals surface area contributed by atoms with Gasteiger partial charge in [-0.1, -0.05) is 6.07 Å². The molecule has 0 saturated carbocycles. The highest BCUT2D eigenvalue weighted by molar-refractivity contribution is 6.17. The van der Waals surface area contributed by atoms with Gasteiger partial charge in [-0.3, -0.25) is 4.79 Å². The average Bonchev–Trinajstić information content (AvgIpc) is 2.38. The third-order valence-electron chi connectivity index (χ3n) is 3.04. The van der Waals surface area contributed by atoms with Crippen molar-refractivity contribution in [3.8, 4) is 6.07 Å². The summed E-state index contributed by atoms with van der Waals surface area (Å²) in [7, 11) is 0. The van der Waals surface area contributed by atoms with Gasteiger partial charge in [0.1, 0.15) is 0 Å². The fraction of sp³-hybridized carbons (Fsp3) is 0.500. The van der Waals surface area contributed by atoms with Crippen molar-refractivity contribution < 1.29 is 4.79 Å². The molecule has 1 amide bonds. The number of nitriles is 1. The van der Waals surface area contributed by atoms with Gasteiger partial charge in [0.2, 0.25) is 5.91 Å². The van der Waals surface area contributed by atoms with E-state index in [9.17, 15) is 4.79 Å². The number of benzene rings is 1. The van der Waals surface area contributed by atoms with Crippen LogP contribution in [0.25, 0.3) is 0 Å². The second-order valence-corrected chi connectivity index (χ2v) is 5.32. The number of hydrogen-bond acceptors (Lipinski definition) is 2. The molecule has 1 aromatic rings. The van der Waals surface area contributed by atoms with Crippen molar-refractivity contribution in [2.45, 2.75) is 39.5 Å². The summed E-state index contributed by atoms with van der Waals surface area (Å²) in [5, 5.41) is 8.76. The van der Waals surface area contributed by atoms with Crippen molar-refractivity contribution in [2.75, 3.05) is 17.3 Å². The van der Waals surface area contributed by atoms with Gasteiger partial charge >= 0.3 is 0 Å². The third kappa shape index (κ3) is 5.22. The predicted octanol–water partition coefficient (Wildman–Crippen LogP) is 3.96. The number of carbonyl (C=O) groups excluding carboxylic acids is 1. The number of halogens is 1. The van der Waals surface area contributed by atoms with Crippen LogP contribution in [0.15, 0.2) is 18.2 Å². The number of alkyl halides is 1. The first-order valence-electron chi connectivity index (χ1n) is 6.90. The lowest BCUT2D eigenvalue weighted by molar-refractivity contribution is -0.118. The van der Waals surface area contributed by atoms with Crippen LogP contribution in [0.2, 0.25) is 0 Å². The van der Waals surface area contributed by atoms with Crippen LogP contribution in [0.5, 0.6) is 0 Å². The number of carbonyl (C=O) groups is 1. The van der Waals surface area contributed by atoms with Crippen LogP contribution in [0, 0.1) is 25.2 Å². The van der Waals surface area contributed by atoms with Gasteiger partial charge in [0, 0.05) is 24.5 Å². The highest BCUT2D eigenvalue weighted by atomic mass is 35.5. The normalized spacial score (nSPS) is 10.1. The van der Waals surface area contributed by atoms with Crippen molar-refractivity contribution in [1.29, 1.82) is 5.26 Å². The van der Waals surface area contributed by atoms with E-state index in [1.807, 2.05) is 26.0 Å². The molecule has 0 saturated heterocycles. The van der Waals surface area contributed by atoms with Crippen molar-refractivity contribution in [1.82, 2.24) is 0 Å². The molecule has 0 aliphatic heterocycles. The molecule has 0 aromatic heterocycles. The Hall–Kier alpha value is -1.53. The quantitative estimate of drug-likeness (QED) is 0.564. The van der Waals surface area contributed by atoms with E-state index in [1.165, 1.54) is 0 Å². The Balaban J connectivity index is 2.87. The van der Waals surface area contributed by atoms with Crippen LogP contribution in [0.4, 0.5) is 5.69 Å². The number of hydrogen-bond donors (Lipinski definition) is 0. The topological polar surface area (TPSA) is 44.1 Å². The summed E-state index contributed by atoms with van der Waals surface area (Å²) in [4.78, 5) is 14.0. The molecule has 0 N–H and O–H groups in total. The first-order chi connectivity index (χ1) is 9.58. The number of amides is 1. The van der Waals surface area contributed by atoms with Crippen LogP contribution in [-0.4, -0.2) is 18.3 Å². The van der Waals surface area contributed by atoms with Crippen LogP contribution in [-0.2, 0) is 4.79 Å². The highest BCUT2D eigenvalue weighted by Gasteiger charge is 2.15. The van der Waals surface area contributed by atoms with Gasteiger partial charge in [0.25, 0.3) is 0 Å². The second kappa shape index (κ2) is 8.60. The summed E-state index contributed by atoms with van der Waals surface area (Å²) in [5.74, 6) is 0.644. The second-order valence-electron chi connectivity index (χ2n) is 4.95. The highest BCUT2D eigenvalue weighted by Crippen LogP contribution is 2.20. The maximum Gasteiger partial charge on any atom is 0.227 e. The Morgan fingerprint density at radius 1 is 1.25 bits per heavy atom. The average molecular weight is 293 g/mol. The third-order valence-corrected chi connectivity index (χ3v) is 3.31. The Morgan fingerprint density at radius 3 is 2.45 bits per heavy atom. The summed E-state index contributed by atoms with van der Waals surface area (Å²) >= 11 is 5.64. The van der Waals surface area contributed by atoms with Crippen LogP contribution < -0.4 is 4.90 Å². The van der Waals surface area contributed by atoms with Crippen molar-refractivity contribution in [3.63, 3.8) is 0 Å². The largest absolute Gasteiger partial charge is 0.311 e. The van der Waals surface area contributed by atoms with Crippen molar-refractivity contribution in [2.24, 2.45) is 0 Å². The van der Waals surface area contributed by atoms with Gasteiger partial charge in [-0.15, -0.1) is 11.6 Å². The van der Waals surface area contributed by atoms with Gasteiger partial charge < -0.3 is 4.90 Å². The van der Waals surface area contributed by atoms with Gasteiger partial charge in [0.15, 0.2) is 0 Å². The first-order valence-corrected chi connectivity index (χ1v) is 7.43. The first kappa shape index (κ1) is 16.5. The molecule has 0 atom stereocenters. The van der Waals surface area contributed by atoms with Gasteiger partial charge in [0.05, 0.1) is 12.5 Å². The maximum absolute atomic E-state index is 12.3. The van der Waals surface area contributed by atoms with Crippen LogP contribution in [0.1, 0.15) is 36.8 Å². The van der Waals surface area contributed by atoms with Crippen LogP contribution >= 0.6 is 11.6 Å². The molecule has 108 valence electrons. The van der Waals surface area contributed by atoms with E-state index in [-0.39, 0.29) is 5.91 Å². The molecule has 0 unspecified atom stereocenters. The number of nitrogens with zero attached hydrogens (tertiary/aromatic N) is 2. The zero-order valence-electron chi connectivity index (χ0n) is 12.2. The Morgan fingerprint density at radius 2 is 1.90 bits per heavy atom. The van der Waals surface area contributed by atoms with E-state index in [4.69, 9.17) is 16.9 Å². The number of aryl methyl sites for hydroxylation is 2. The standard InChI is InChI=1S/C16H21ClN2O/c1-13-10-14(2)12-15(11-13)19(9-5-8-18)16(20)6-3-4-7-17/h10-12H,3-7,9H2,1-2H3. The van der Waals surface area contributed by atoms with E-state index < -0.39 is 0 Å². The molecule has 0 aliphatic rings. The lowest BCUT2D eigenvalue weighted by Crippen LogP contribution is -2.31. The van der Waals surface area contributed by atoms with Gasteiger partial charge in [-0.2, -0.15) is 5.26 Å². The zero-order valence-corrected chi connectivity index (χ0v) is 12.9. The predicted molar refractivity (Wildman–Crippen MR) is 83.1 cm³/mol. The van der Waals surface area contributed by atoms with Crippen molar-refractivity contribution >= 4 is 23.2 Å². The maximum atomic E-state index is 12.3. The summed E-state index contributed by atoms with van der Waals surface area (Å²) in [6, 6.07) is 8.16. The number of rotatable bonds is 7. The molecule has 20 heavy (non-hydrogen) atoms. The lowest BCUT2D eigenvalue weighted by atomic mass is 10.1. The van der Waals surface area contributed by atoms with E-state index in [1.54, 1.807) is 4.90 Å². The smallest absolute Gasteiger partial charge is 0.227 e. The van der Waals surface area contributed by atoms with E-state index in [2.05, 4.69) is 12.1 Å². The fourth-order valence-corrected chi connectivity index (χ4v) is 2.36. The number of unbranched alkanes of at least 4 members (excludes halogenated alkanes) is 1. The minimum absolute atomic E-state index is 0.0652. The molecule has 0 fully saturated rings. The minimum Gasteiger partial charge on any atom is -0.311 e. The van der Waals surface area contributed by atoms with Crippen LogP contribution in [0.3, 0.4) is 0 Å². The summed E-state index contributed by atoms with van der Waals surface area (Å²) < 4.78 is 0. The SMILES string of the molecule is Cc1cc(C)cc(N(CCC#N)C(=O)CCCCCl)c1. The van der Waals surface area contributed by atoms with Gasteiger partial charge in [-0.05, 0) is 49.9 Å². The Labute approximate surface area is 126 Å². The molecule has 4 heteroatoms. The summed E-state index contributed by atoms with van der Waals surface area (Å²) in [6.07, 6.45) is 2.45. The molecule has 0 bridgehead atoms. The molecule has 1 aromatic carbocycles. The molecule has 3 nitrogen and oxygen atoms in total. The molecule has 1 rings (SSSR count). The van der Waals surface area contributed by atoms with E-state index in [0.29, 0.717) is 25.3 Å². The molecule has 0 radical (unpaired) electrons. The Bertz CT molecular complexity index is 473. The molecular weight excluding hydrogens is 272 g/mol. The van der Waals surface area contributed by atoms with Crippen molar-refractivity contribution in [3.05, 3.63) is 29.3 Å². The molecule has 0 spiro atoms. The fourth-order valence-electron chi connectivity index (χ4n) is 2.17. The zero-order chi connectivity index (χ0) is 15.0. The molecule has 0 aliphatic carbocycles. The molecule has 0 heterocycles. The lowest BCUT2D eigenvalue weighted by Gasteiger charge is -2.23. The number of anilines is 1. The summed E-state index contributed by atoms with van der Waals surface area (Å²) in [6.45, 7) is 4.47. The van der Waals surface area contributed by atoms with Gasteiger partial charge in [-0.25, -0.2) is 0 Å². The summed E-state index contributed by atoms with van der Waals surface area (Å²) in [5.41, 5.74) is 3.12.